The fraction of sp³-hybridized carbons (Fsp3) is 0.667. The monoisotopic (exact) mass is 255 g/mol. The van der Waals surface area contributed by atoms with Crippen LogP contribution in [-0.2, 0) is 11.3 Å². The molecule has 0 saturated carbocycles. The molecule has 0 spiro atoms. The molecule has 0 aromatic carbocycles. The Balaban J connectivity index is 2.46. The first-order chi connectivity index (χ1) is 8.06. The molecule has 1 unspecified atom stereocenters. The summed E-state index contributed by atoms with van der Waals surface area (Å²) in [6, 6.07) is 0. The van der Waals surface area contributed by atoms with E-state index in [0.29, 0.717) is 25.4 Å². The van der Waals surface area contributed by atoms with Gasteiger partial charge in [-0.1, -0.05) is 13.3 Å². The van der Waals surface area contributed by atoms with Crippen molar-refractivity contribution in [2.45, 2.75) is 33.2 Å². The van der Waals surface area contributed by atoms with Gasteiger partial charge in [-0.2, -0.15) is 0 Å². The molecule has 17 heavy (non-hydrogen) atoms. The van der Waals surface area contributed by atoms with Gasteiger partial charge in [0.2, 0.25) is 5.91 Å². The van der Waals surface area contributed by atoms with Crippen LogP contribution in [0.25, 0.3) is 0 Å². The maximum Gasteiger partial charge on any atom is 0.222 e. The number of carbonyl (C=O) groups excluding carboxylic acids is 1. The molecule has 0 bridgehead atoms. The van der Waals surface area contributed by atoms with Gasteiger partial charge in [-0.05, 0) is 19.4 Å². The fourth-order valence-electron chi connectivity index (χ4n) is 1.61. The van der Waals surface area contributed by atoms with Crippen molar-refractivity contribution in [1.29, 1.82) is 0 Å². The first kappa shape index (κ1) is 14.1. The summed E-state index contributed by atoms with van der Waals surface area (Å²) in [7, 11) is 1.82. The van der Waals surface area contributed by atoms with Gasteiger partial charge in [-0.15, -0.1) is 11.3 Å². The Kier molecular flexibility index (Phi) is 5.58. The van der Waals surface area contributed by atoms with Crippen molar-refractivity contribution < 1.29 is 4.79 Å². The van der Waals surface area contributed by atoms with Crippen molar-refractivity contribution >= 4 is 17.2 Å². The summed E-state index contributed by atoms with van der Waals surface area (Å²) in [4.78, 5) is 18.0. The third kappa shape index (κ3) is 4.44. The minimum Gasteiger partial charge on any atom is -0.340 e. The lowest BCUT2D eigenvalue weighted by Crippen LogP contribution is -2.30. The summed E-state index contributed by atoms with van der Waals surface area (Å²) < 4.78 is 0. The van der Waals surface area contributed by atoms with Gasteiger partial charge in [0.25, 0.3) is 0 Å². The van der Waals surface area contributed by atoms with Crippen molar-refractivity contribution in [3.63, 3.8) is 0 Å². The number of rotatable bonds is 6. The van der Waals surface area contributed by atoms with E-state index in [1.807, 2.05) is 19.4 Å². The van der Waals surface area contributed by atoms with Gasteiger partial charge in [-0.25, -0.2) is 4.98 Å². The van der Waals surface area contributed by atoms with Crippen molar-refractivity contribution in [2.75, 3.05) is 13.6 Å². The summed E-state index contributed by atoms with van der Waals surface area (Å²) in [6.07, 6.45) is 1.48. The number of nitrogens with two attached hydrogens (primary N) is 1. The maximum absolute atomic E-state index is 11.9. The predicted octanol–water partition coefficient (Wildman–Crippen LogP) is 1.78. The molecule has 0 aliphatic carbocycles. The highest BCUT2D eigenvalue weighted by Crippen LogP contribution is 2.12. The predicted molar refractivity (Wildman–Crippen MR) is 70.8 cm³/mol. The zero-order valence-electron chi connectivity index (χ0n) is 10.8. The third-order valence-corrected chi connectivity index (χ3v) is 3.69. The van der Waals surface area contributed by atoms with Crippen LogP contribution >= 0.6 is 11.3 Å². The summed E-state index contributed by atoms with van der Waals surface area (Å²) in [5.41, 5.74) is 6.57. The third-order valence-electron chi connectivity index (χ3n) is 2.87. The van der Waals surface area contributed by atoms with Gasteiger partial charge in [0.15, 0.2) is 0 Å². The number of hydrogen-bond acceptors (Lipinski definition) is 4. The van der Waals surface area contributed by atoms with E-state index >= 15 is 0 Å². The topological polar surface area (TPSA) is 59.2 Å². The molecule has 1 heterocycles. The van der Waals surface area contributed by atoms with Crippen molar-refractivity contribution in [2.24, 2.45) is 11.7 Å². The van der Waals surface area contributed by atoms with Crippen LogP contribution in [0, 0.1) is 12.8 Å². The van der Waals surface area contributed by atoms with Crippen LogP contribution in [0.4, 0.5) is 0 Å². The van der Waals surface area contributed by atoms with E-state index in [2.05, 4.69) is 11.9 Å². The molecule has 0 saturated heterocycles. The van der Waals surface area contributed by atoms with E-state index in [0.717, 1.165) is 17.1 Å². The number of hydrogen-bond donors (Lipinski definition) is 1. The van der Waals surface area contributed by atoms with Crippen LogP contribution < -0.4 is 5.73 Å². The standard InChI is InChI=1S/C12H21N3OS/c1-4-10(6-13)5-12(16)15(3)7-11-8-17-9(2)14-11/h8,10H,4-7,13H2,1-3H3. The second-order valence-electron chi connectivity index (χ2n) is 4.32. The lowest BCUT2D eigenvalue weighted by atomic mass is 10.0. The van der Waals surface area contributed by atoms with E-state index in [1.54, 1.807) is 16.2 Å². The van der Waals surface area contributed by atoms with E-state index < -0.39 is 0 Å². The molecule has 96 valence electrons. The minimum atomic E-state index is 0.146. The zero-order chi connectivity index (χ0) is 12.8. The van der Waals surface area contributed by atoms with Gasteiger partial charge in [0.1, 0.15) is 0 Å². The SMILES string of the molecule is CCC(CN)CC(=O)N(C)Cc1csc(C)n1. The molecule has 0 aliphatic rings. The minimum absolute atomic E-state index is 0.146. The van der Waals surface area contributed by atoms with Crippen LogP contribution in [0.3, 0.4) is 0 Å². The van der Waals surface area contributed by atoms with Crippen LogP contribution in [0.2, 0.25) is 0 Å². The first-order valence-corrected chi connectivity index (χ1v) is 6.79. The first-order valence-electron chi connectivity index (χ1n) is 5.91. The molecule has 4 nitrogen and oxygen atoms in total. The lowest BCUT2D eigenvalue weighted by molar-refractivity contribution is -0.131. The summed E-state index contributed by atoms with van der Waals surface area (Å²) in [5, 5.41) is 3.04. The average molecular weight is 255 g/mol. The molecule has 0 aliphatic heterocycles. The van der Waals surface area contributed by atoms with Crippen LogP contribution in [0.5, 0.6) is 0 Å². The van der Waals surface area contributed by atoms with Crippen LogP contribution in [0.15, 0.2) is 5.38 Å². The lowest BCUT2D eigenvalue weighted by Gasteiger charge is -2.19. The number of carbonyl (C=O) groups is 1. The second kappa shape index (κ2) is 6.71. The quantitative estimate of drug-likeness (QED) is 0.843. The Hall–Kier alpha value is -0.940. The van der Waals surface area contributed by atoms with E-state index in [9.17, 15) is 4.79 Å². The average Bonchev–Trinajstić information content (AvgIpc) is 2.71. The van der Waals surface area contributed by atoms with Crippen LogP contribution in [-0.4, -0.2) is 29.4 Å². The Morgan fingerprint density at radius 1 is 1.65 bits per heavy atom. The normalized spacial score (nSPS) is 12.5. The molecule has 1 atom stereocenters. The van der Waals surface area contributed by atoms with Crippen molar-refractivity contribution in [3.05, 3.63) is 16.1 Å². The van der Waals surface area contributed by atoms with Crippen molar-refractivity contribution in [3.8, 4) is 0 Å². The Morgan fingerprint density at radius 3 is 2.82 bits per heavy atom. The molecular formula is C12H21N3OS. The molecular weight excluding hydrogens is 234 g/mol. The largest absolute Gasteiger partial charge is 0.340 e. The van der Waals surface area contributed by atoms with Gasteiger partial charge in [0.05, 0.1) is 17.2 Å². The van der Waals surface area contributed by atoms with Gasteiger partial charge < -0.3 is 10.6 Å². The molecule has 1 rings (SSSR count). The van der Waals surface area contributed by atoms with Crippen molar-refractivity contribution in [1.82, 2.24) is 9.88 Å². The zero-order valence-corrected chi connectivity index (χ0v) is 11.6. The molecule has 5 heteroatoms. The number of thiazole rings is 1. The Labute approximate surface area is 107 Å². The van der Waals surface area contributed by atoms with Gasteiger partial charge in [0, 0.05) is 18.8 Å². The maximum atomic E-state index is 11.9. The highest BCUT2D eigenvalue weighted by Gasteiger charge is 2.15. The molecule has 1 aromatic heterocycles. The molecule has 1 aromatic rings. The molecule has 1 amide bonds. The van der Waals surface area contributed by atoms with E-state index in [-0.39, 0.29) is 5.91 Å². The highest BCUT2D eigenvalue weighted by molar-refractivity contribution is 7.09. The number of nitrogens with zero attached hydrogens (tertiary/aromatic N) is 2. The summed E-state index contributed by atoms with van der Waals surface area (Å²) in [5.74, 6) is 0.440. The highest BCUT2D eigenvalue weighted by atomic mass is 32.1. The fourth-order valence-corrected chi connectivity index (χ4v) is 2.21. The Morgan fingerprint density at radius 2 is 2.35 bits per heavy atom. The summed E-state index contributed by atoms with van der Waals surface area (Å²) >= 11 is 1.61. The van der Waals surface area contributed by atoms with Gasteiger partial charge >= 0.3 is 0 Å². The van der Waals surface area contributed by atoms with Crippen LogP contribution in [0.1, 0.15) is 30.5 Å². The van der Waals surface area contributed by atoms with Gasteiger partial charge in [-0.3, -0.25) is 4.79 Å². The summed E-state index contributed by atoms with van der Waals surface area (Å²) in [6.45, 7) is 5.20. The number of aryl methyl sites for hydroxylation is 1. The second-order valence-corrected chi connectivity index (χ2v) is 5.38. The van der Waals surface area contributed by atoms with E-state index in [1.165, 1.54) is 0 Å². The smallest absolute Gasteiger partial charge is 0.222 e. The molecule has 0 fully saturated rings. The molecule has 0 radical (unpaired) electrons. The molecule has 2 N–H and O–H groups in total. The number of aromatic nitrogens is 1. The van der Waals surface area contributed by atoms with E-state index in [4.69, 9.17) is 5.73 Å². The number of amides is 1. The Bertz CT molecular complexity index is 360.